The van der Waals surface area contributed by atoms with Crippen molar-refractivity contribution in [3.05, 3.63) is 23.8 Å². The van der Waals surface area contributed by atoms with Gasteiger partial charge in [0.1, 0.15) is 0 Å². The number of carbonyl (C=O) groups is 2. The van der Waals surface area contributed by atoms with Gasteiger partial charge in [0.05, 0.1) is 13.2 Å². The number of aryl methyl sites for hydroxylation is 1. The Morgan fingerprint density at radius 1 is 1.21 bits per heavy atom. The maximum atomic E-state index is 13.1. The van der Waals surface area contributed by atoms with Gasteiger partial charge >= 0.3 is 0 Å². The van der Waals surface area contributed by atoms with E-state index in [0.29, 0.717) is 18.0 Å². The molecule has 4 rings (SSSR count). The molecule has 28 heavy (non-hydrogen) atoms. The quantitative estimate of drug-likeness (QED) is 0.798. The van der Waals surface area contributed by atoms with Gasteiger partial charge in [-0.2, -0.15) is 0 Å². The molecule has 152 valence electrons. The van der Waals surface area contributed by atoms with Crippen molar-refractivity contribution in [2.75, 3.05) is 20.3 Å². The summed E-state index contributed by atoms with van der Waals surface area (Å²) >= 11 is 0. The largest absolute Gasteiger partial charge is 0.493 e. The number of amides is 2. The third-order valence-corrected chi connectivity index (χ3v) is 7.02. The van der Waals surface area contributed by atoms with Gasteiger partial charge in [-0.05, 0) is 50.3 Å². The Labute approximate surface area is 166 Å². The van der Waals surface area contributed by atoms with Crippen molar-refractivity contribution in [3.8, 4) is 11.5 Å². The summed E-state index contributed by atoms with van der Waals surface area (Å²) in [4.78, 5) is 29.5. The lowest BCUT2D eigenvalue weighted by Crippen LogP contribution is -2.58. The summed E-state index contributed by atoms with van der Waals surface area (Å²) in [5.74, 6) is 1.35. The van der Waals surface area contributed by atoms with Crippen molar-refractivity contribution in [1.82, 2.24) is 9.80 Å². The molecule has 0 unspecified atom stereocenters. The van der Waals surface area contributed by atoms with Gasteiger partial charge in [-0.25, -0.2) is 0 Å². The Kier molecular flexibility index (Phi) is 4.76. The SMILES string of the molecule is COc1cc(C)ccc1OCC(=O)N1C[C@@H]2C[C@@]3(C)[C@H](CCC[C@@H]13)N2C(C)=O. The van der Waals surface area contributed by atoms with E-state index < -0.39 is 0 Å². The molecule has 1 aromatic carbocycles. The van der Waals surface area contributed by atoms with Crippen LogP contribution < -0.4 is 9.47 Å². The fourth-order valence-electron chi connectivity index (χ4n) is 5.86. The minimum Gasteiger partial charge on any atom is -0.493 e. The molecule has 0 spiro atoms. The zero-order chi connectivity index (χ0) is 20.1. The molecule has 2 amide bonds. The second kappa shape index (κ2) is 6.98. The summed E-state index contributed by atoms with van der Waals surface area (Å²) in [6.07, 6.45) is 4.10. The molecular formula is C22H30N2O4. The average Bonchev–Trinajstić information content (AvgIpc) is 2.96. The summed E-state index contributed by atoms with van der Waals surface area (Å²) in [7, 11) is 1.60. The van der Waals surface area contributed by atoms with Gasteiger partial charge in [-0.15, -0.1) is 0 Å². The lowest BCUT2D eigenvalue weighted by molar-refractivity contribution is -0.142. The van der Waals surface area contributed by atoms with E-state index in [1.165, 1.54) is 0 Å². The predicted octanol–water partition coefficient (Wildman–Crippen LogP) is 2.77. The van der Waals surface area contributed by atoms with E-state index in [-0.39, 0.29) is 42.0 Å². The second-order valence-electron chi connectivity index (χ2n) is 8.74. The van der Waals surface area contributed by atoms with Gasteiger partial charge < -0.3 is 19.3 Å². The minimum atomic E-state index is -0.0105. The minimum absolute atomic E-state index is 0.00500. The fourth-order valence-corrected chi connectivity index (χ4v) is 5.86. The van der Waals surface area contributed by atoms with Crippen LogP contribution in [-0.4, -0.2) is 60.0 Å². The third-order valence-electron chi connectivity index (χ3n) is 7.02. The zero-order valence-electron chi connectivity index (χ0n) is 17.2. The van der Waals surface area contributed by atoms with Gasteiger partial charge in [-0.1, -0.05) is 13.0 Å². The van der Waals surface area contributed by atoms with Crippen molar-refractivity contribution in [1.29, 1.82) is 0 Å². The van der Waals surface area contributed by atoms with E-state index in [9.17, 15) is 9.59 Å². The summed E-state index contributed by atoms with van der Waals surface area (Å²) in [5, 5.41) is 0. The van der Waals surface area contributed by atoms with E-state index in [2.05, 4.69) is 11.8 Å². The number of likely N-dealkylation sites (tertiary alicyclic amines) is 2. The summed E-state index contributed by atoms with van der Waals surface area (Å²) < 4.78 is 11.2. The smallest absolute Gasteiger partial charge is 0.260 e. The zero-order valence-corrected chi connectivity index (χ0v) is 17.2. The number of carbonyl (C=O) groups excluding carboxylic acids is 2. The number of piperidine rings is 1. The van der Waals surface area contributed by atoms with Crippen LogP contribution in [0.4, 0.5) is 0 Å². The van der Waals surface area contributed by atoms with Gasteiger partial charge in [0.2, 0.25) is 5.91 Å². The van der Waals surface area contributed by atoms with Crippen molar-refractivity contribution < 1.29 is 19.1 Å². The Bertz CT molecular complexity index is 795. The van der Waals surface area contributed by atoms with Gasteiger partial charge in [0.15, 0.2) is 18.1 Å². The number of fused-ring (bicyclic) bond motifs is 1. The standard InChI is InChI=1S/C22H30N2O4/c1-14-8-9-17(18(10-14)27-4)28-13-21(26)23-12-16-11-22(3)19(23)6-5-7-20(22)24(16)15(2)25/h8-10,16,19-20H,5-7,11-13H2,1-4H3/t16-,19+,20-,22+/m0/s1. The first-order valence-electron chi connectivity index (χ1n) is 10.2. The second-order valence-corrected chi connectivity index (χ2v) is 8.74. The Morgan fingerprint density at radius 3 is 2.68 bits per heavy atom. The molecule has 2 bridgehead atoms. The number of benzene rings is 1. The lowest BCUT2D eigenvalue weighted by Gasteiger charge is -2.49. The van der Waals surface area contributed by atoms with Crippen molar-refractivity contribution >= 4 is 11.8 Å². The van der Waals surface area contributed by atoms with Crippen LogP contribution >= 0.6 is 0 Å². The van der Waals surface area contributed by atoms with E-state index in [1.54, 1.807) is 14.0 Å². The number of rotatable bonds is 4. The van der Waals surface area contributed by atoms with Crippen LogP contribution in [0, 0.1) is 12.3 Å². The molecule has 1 saturated carbocycles. The number of hydrogen-bond donors (Lipinski definition) is 0. The summed E-state index contributed by atoms with van der Waals surface area (Å²) in [6, 6.07) is 6.25. The highest BCUT2D eigenvalue weighted by atomic mass is 16.5. The molecule has 0 radical (unpaired) electrons. The van der Waals surface area contributed by atoms with Crippen molar-refractivity contribution in [2.45, 2.75) is 64.6 Å². The number of ether oxygens (including phenoxy) is 2. The maximum Gasteiger partial charge on any atom is 0.260 e. The first-order valence-corrected chi connectivity index (χ1v) is 10.2. The van der Waals surface area contributed by atoms with Crippen molar-refractivity contribution in [3.63, 3.8) is 0 Å². The van der Waals surface area contributed by atoms with Crippen LogP contribution in [0.15, 0.2) is 18.2 Å². The topological polar surface area (TPSA) is 59.1 Å². The highest BCUT2D eigenvalue weighted by Gasteiger charge is 2.61. The van der Waals surface area contributed by atoms with Crippen LogP contribution in [0.5, 0.6) is 11.5 Å². The molecule has 2 heterocycles. The molecule has 3 fully saturated rings. The van der Waals surface area contributed by atoms with Crippen LogP contribution in [-0.2, 0) is 9.59 Å². The Balaban J connectivity index is 1.52. The summed E-state index contributed by atoms with van der Waals surface area (Å²) in [5.41, 5.74) is 1.07. The fraction of sp³-hybridized carbons (Fsp3) is 0.636. The van der Waals surface area contributed by atoms with Gasteiger partial charge in [0, 0.05) is 31.0 Å². The molecule has 6 nitrogen and oxygen atoms in total. The summed E-state index contributed by atoms with van der Waals surface area (Å²) in [6.45, 7) is 6.52. The number of methoxy groups -OCH3 is 1. The molecule has 6 heteroatoms. The maximum absolute atomic E-state index is 13.1. The highest BCUT2D eigenvalue weighted by molar-refractivity contribution is 5.80. The molecule has 2 aliphatic heterocycles. The predicted molar refractivity (Wildman–Crippen MR) is 105 cm³/mol. The molecule has 3 aliphatic rings. The van der Waals surface area contributed by atoms with E-state index >= 15 is 0 Å². The first kappa shape index (κ1) is 19.1. The monoisotopic (exact) mass is 386 g/mol. The number of hydrogen-bond acceptors (Lipinski definition) is 4. The Hall–Kier alpha value is -2.24. The highest BCUT2D eigenvalue weighted by Crippen LogP contribution is 2.54. The van der Waals surface area contributed by atoms with Crippen LogP contribution in [0.3, 0.4) is 0 Å². The molecule has 1 aliphatic carbocycles. The lowest BCUT2D eigenvalue weighted by atomic mass is 9.66. The van der Waals surface area contributed by atoms with Crippen LogP contribution in [0.2, 0.25) is 0 Å². The first-order chi connectivity index (χ1) is 13.3. The molecule has 0 aromatic heterocycles. The van der Waals surface area contributed by atoms with Crippen LogP contribution in [0.1, 0.15) is 45.1 Å². The number of nitrogens with zero attached hydrogens (tertiary/aromatic N) is 2. The Morgan fingerprint density at radius 2 is 1.96 bits per heavy atom. The average molecular weight is 386 g/mol. The van der Waals surface area contributed by atoms with Crippen LogP contribution in [0.25, 0.3) is 0 Å². The molecule has 4 atom stereocenters. The molecule has 0 N–H and O–H groups in total. The van der Waals surface area contributed by atoms with E-state index in [4.69, 9.17) is 9.47 Å². The van der Waals surface area contributed by atoms with E-state index in [0.717, 1.165) is 31.2 Å². The van der Waals surface area contributed by atoms with Crippen molar-refractivity contribution in [2.24, 2.45) is 5.41 Å². The van der Waals surface area contributed by atoms with Gasteiger partial charge in [0.25, 0.3) is 5.91 Å². The normalized spacial score (nSPS) is 30.9. The van der Waals surface area contributed by atoms with E-state index in [1.807, 2.05) is 30.0 Å². The third kappa shape index (κ3) is 2.93. The molecular weight excluding hydrogens is 356 g/mol. The van der Waals surface area contributed by atoms with Gasteiger partial charge in [-0.3, -0.25) is 9.59 Å². The molecule has 1 aromatic rings. The molecule has 2 saturated heterocycles.